The van der Waals surface area contributed by atoms with Crippen LogP contribution in [0.1, 0.15) is 31.1 Å². The zero-order chi connectivity index (χ0) is 14.7. The number of ether oxygens (including phenoxy) is 1. The Morgan fingerprint density at radius 1 is 1.25 bits per heavy atom. The minimum absolute atomic E-state index is 0.0202. The summed E-state index contributed by atoms with van der Waals surface area (Å²) in [6.07, 6.45) is 3.21. The van der Waals surface area contributed by atoms with Crippen molar-refractivity contribution in [2.75, 3.05) is 0 Å². The number of benzene rings is 1. The maximum Gasteiger partial charge on any atom is 0.160 e. The molecule has 2 aromatic rings. The van der Waals surface area contributed by atoms with Crippen LogP contribution < -0.4 is 4.74 Å². The van der Waals surface area contributed by atoms with Crippen LogP contribution in [0, 0.1) is 5.82 Å². The molecule has 0 unspecified atom stereocenters. The Morgan fingerprint density at radius 3 is 2.65 bits per heavy atom. The number of halogens is 1. The highest BCUT2D eigenvalue weighted by molar-refractivity contribution is 6.00. The van der Waals surface area contributed by atoms with Crippen LogP contribution in [0.4, 0.5) is 4.39 Å². The minimum atomic E-state index is -0.389. The van der Waals surface area contributed by atoms with Gasteiger partial charge in [-0.2, -0.15) is 0 Å². The van der Waals surface area contributed by atoms with Crippen molar-refractivity contribution in [3.8, 4) is 16.9 Å². The summed E-state index contributed by atoms with van der Waals surface area (Å²) in [6, 6.07) is 5.87. The molecule has 0 atom stereocenters. The van der Waals surface area contributed by atoms with Gasteiger partial charge in [0, 0.05) is 17.3 Å². The van der Waals surface area contributed by atoms with Gasteiger partial charge < -0.3 is 4.74 Å². The van der Waals surface area contributed by atoms with E-state index in [9.17, 15) is 9.18 Å². The van der Waals surface area contributed by atoms with Gasteiger partial charge in [-0.05, 0) is 50.6 Å². The molecule has 104 valence electrons. The van der Waals surface area contributed by atoms with Gasteiger partial charge in [0.25, 0.3) is 0 Å². The van der Waals surface area contributed by atoms with Crippen LogP contribution >= 0.6 is 0 Å². The molecule has 0 N–H and O–H groups in total. The fraction of sp³-hybridized carbons (Fsp3) is 0.250. The number of rotatable bonds is 4. The number of ketones is 1. The van der Waals surface area contributed by atoms with Crippen molar-refractivity contribution >= 4 is 5.78 Å². The number of carbonyl (C=O) groups excluding carboxylic acids is 1. The van der Waals surface area contributed by atoms with Crippen LogP contribution in [0.3, 0.4) is 0 Å². The monoisotopic (exact) mass is 273 g/mol. The van der Waals surface area contributed by atoms with Crippen LogP contribution in [0.2, 0.25) is 0 Å². The largest absolute Gasteiger partial charge is 0.489 e. The Morgan fingerprint density at radius 2 is 2.00 bits per heavy atom. The van der Waals surface area contributed by atoms with E-state index < -0.39 is 0 Å². The number of nitrogens with zero attached hydrogens (tertiary/aromatic N) is 1. The average Bonchev–Trinajstić information content (AvgIpc) is 2.37. The lowest BCUT2D eigenvalue weighted by molar-refractivity contribution is 0.101. The first-order valence-electron chi connectivity index (χ1n) is 6.40. The molecular formula is C16H16FNO2. The van der Waals surface area contributed by atoms with Gasteiger partial charge in [0.1, 0.15) is 11.6 Å². The Balaban J connectivity index is 2.50. The van der Waals surface area contributed by atoms with Crippen molar-refractivity contribution in [1.82, 2.24) is 4.98 Å². The van der Waals surface area contributed by atoms with Crippen molar-refractivity contribution in [2.24, 2.45) is 0 Å². The Bertz CT molecular complexity index is 638. The molecule has 0 fully saturated rings. The third kappa shape index (κ3) is 3.20. The van der Waals surface area contributed by atoms with E-state index in [1.165, 1.54) is 25.1 Å². The molecule has 20 heavy (non-hydrogen) atoms. The first-order chi connectivity index (χ1) is 9.47. The standard InChI is InChI=1S/C16H16FNO2/c1-10(2)20-14-6-12(8-18-9-14)16-7-13(17)4-5-15(16)11(3)19/h4-10H,1-3H3. The molecule has 0 saturated heterocycles. The van der Waals surface area contributed by atoms with Gasteiger partial charge in [0.15, 0.2) is 5.78 Å². The highest BCUT2D eigenvalue weighted by atomic mass is 19.1. The first-order valence-corrected chi connectivity index (χ1v) is 6.40. The molecule has 0 aliphatic heterocycles. The zero-order valence-electron chi connectivity index (χ0n) is 11.7. The number of carbonyl (C=O) groups is 1. The molecule has 0 aliphatic rings. The smallest absolute Gasteiger partial charge is 0.160 e. The predicted octanol–water partition coefficient (Wildman–Crippen LogP) is 3.88. The average molecular weight is 273 g/mol. The molecule has 0 amide bonds. The summed E-state index contributed by atoms with van der Waals surface area (Å²) in [4.78, 5) is 15.7. The molecule has 0 aliphatic carbocycles. The van der Waals surface area contributed by atoms with Crippen LogP contribution in [-0.2, 0) is 0 Å². The third-order valence-electron chi connectivity index (χ3n) is 2.76. The quantitative estimate of drug-likeness (QED) is 0.794. The van der Waals surface area contributed by atoms with Crippen molar-refractivity contribution in [3.05, 3.63) is 48.0 Å². The first kappa shape index (κ1) is 14.2. The Labute approximate surface area is 117 Å². The number of hydrogen-bond donors (Lipinski definition) is 0. The maximum atomic E-state index is 13.4. The molecule has 1 aromatic heterocycles. The SMILES string of the molecule is CC(=O)c1ccc(F)cc1-c1cncc(OC(C)C)c1. The molecule has 0 saturated carbocycles. The topological polar surface area (TPSA) is 39.2 Å². The van der Waals surface area contributed by atoms with E-state index in [2.05, 4.69) is 4.98 Å². The van der Waals surface area contributed by atoms with Gasteiger partial charge in [-0.3, -0.25) is 9.78 Å². The van der Waals surface area contributed by atoms with E-state index in [0.717, 1.165) is 0 Å². The van der Waals surface area contributed by atoms with Gasteiger partial charge in [-0.25, -0.2) is 4.39 Å². The molecule has 0 bridgehead atoms. The number of hydrogen-bond acceptors (Lipinski definition) is 3. The second-order valence-corrected chi connectivity index (χ2v) is 4.82. The molecule has 1 heterocycles. The molecule has 0 radical (unpaired) electrons. The van der Waals surface area contributed by atoms with Crippen molar-refractivity contribution in [1.29, 1.82) is 0 Å². The normalized spacial score (nSPS) is 10.7. The maximum absolute atomic E-state index is 13.4. The summed E-state index contributed by atoms with van der Waals surface area (Å²) in [7, 11) is 0. The summed E-state index contributed by atoms with van der Waals surface area (Å²) in [5.41, 5.74) is 1.65. The van der Waals surface area contributed by atoms with E-state index >= 15 is 0 Å². The van der Waals surface area contributed by atoms with Crippen LogP contribution in [0.25, 0.3) is 11.1 Å². The second kappa shape index (κ2) is 5.82. The van der Waals surface area contributed by atoms with Gasteiger partial charge in [-0.1, -0.05) is 0 Å². The molecular weight excluding hydrogens is 257 g/mol. The zero-order valence-corrected chi connectivity index (χ0v) is 11.7. The van der Waals surface area contributed by atoms with E-state index in [4.69, 9.17) is 4.74 Å². The molecule has 1 aromatic carbocycles. The van der Waals surface area contributed by atoms with Gasteiger partial charge >= 0.3 is 0 Å². The van der Waals surface area contributed by atoms with E-state index in [0.29, 0.717) is 22.4 Å². The molecule has 4 heteroatoms. The van der Waals surface area contributed by atoms with Crippen LogP contribution in [0.15, 0.2) is 36.7 Å². The lowest BCUT2D eigenvalue weighted by Crippen LogP contribution is -2.06. The van der Waals surface area contributed by atoms with Crippen molar-refractivity contribution in [3.63, 3.8) is 0 Å². The fourth-order valence-corrected chi connectivity index (χ4v) is 1.97. The van der Waals surface area contributed by atoms with Gasteiger partial charge in [0.05, 0.1) is 12.3 Å². The van der Waals surface area contributed by atoms with Crippen LogP contribution in [0.5, 0.6) is 5.75 Å². The third-order valence-corrected chi connectivity index (χ3v) is 2.76. The fourth-order valence-electron chi connectivity index (χ4n) is 1.97. The highest BCUT2D eigenvalue weighted by Crippen LogP contribution is 2.27. The number of pyridine rings is 1. The number of Topliss-reactive ketones (excluding diaryl/α,β-unsaturated/α-hetero) is 1. The van der Waals surface area contributed by atoms with Crippen LogP contribution in [-0.4, -0.2) is 16.9 Å². The summed E-state index contributed by atoms with van der Waals surface area (Å²) >= 11 is 0. The second-order valence-electron chi connectivity index (χ2n) is 4.82. The van der Waals surface area contributed by atoms with Gasteiger partial charge in [-0.15, -0.1) is 0 Å². The lowest BCUT2D eigenvalue weighted by atomic mass is 9.98. The van der Waals surface area contributed by atoms with E-state index in [1.54, 1.807) is 18.5 Å². The van der Waals surface area contributed by atoms with Crippen molar-refractivity contribution in [2.45, 2.75) is 26.9 Å². The lowest BCUT2D eigenvalue weighted by Gasteiger charge is -2.12. The Kier molecular flexibility index (Phi) is 4.13. The molecule has 3 nitrogen and oxygen atoms in total. The minimum Gasteiger partial charge on any atom is -0.489 e. The summed E-state index contributed by atoms with van der Waals surface area (Å²) in [5, 5.41) is 0. The molecule has 0 spiro atoms. The summed E-state index contributed by atoms with van der Waals surface area (Å²) in [5.74, 6) is 0.0895. The number of aromatic nitrogens is 1. The van der Waals surface area contributed by atoms with E-state index in [-0.39, 0.29) is 17.7 Å². The molecule has 2 rings (SSSR count). The highest BCUT2D eigenvalue weighted by Gasteiger charge is 2.12. The Hall–Kier alpha value is -2.23. The summed E-state index contributed by atoms with van der Waals surface area (Å²) in [6.45, 7) is 5.28. The predicted molar refractivity (Wildman–Crippen MR) is 75.4 cm³/mol. The van der Waals surface area contributed by atoms with Gasteiger partial charge in [0.2, 0.25) is 0 Å². The van der Waals surface area contributed by atoms with E-state index in [1.807, 2.05) is 13.8 Å². The summed E-state index contributed by atoms with van der Waals surface area (Å²) < 4.78 is 19.0. The van der Waals surface area contributed by atoms with Crippen molar-refractivity contribution < 1.29 is 13.9 Å².